The topological polar surface area (TPSA) is 71.2 Å². The molecule has 150 valence electrons. The SMILES string of the molecule is O=C(N1CCCC1)N1CCC(n2ccnc2-c2cc3n(n2)CCCNC3)CC1. The standard InChI is InChI=1S/C20H29N7O/c28-20(24-8-1-2-9-24)25-11-4-16(5-12-25)26-13-7-22-19(26)18-14-17-15-21-6-3-10-27(17)23-18/h7,13-14,16,21H,1-6,8-12,15H2. The Morgan fingerprint density at radius 3 is 2.64 bits per heavy atom. The molecule has 1 N–H and O–H groups in total. The molecular weight excluding hydrogens is 354 g/mol. The number of nitrogens with zero attached hydrogens (tertiary/aromatic N) is 6. The van der Waals surface area contributed by atoms with E-state index in [2.05, 4.69) is 31.8 Å². The fourth-order valence-electron chi connectivity index (χ4n) is 4.72. The zero-order valence-corrected chi connectivity index (χ0v) is 16.4. The van der Waals surface area contributed by atoms with Crippen molar-refractivity contribution in [2.45, 2.75) is 51.2 Å². The van der Waals surface area contributed by atoms with Crippen LogP contribution < -0.4 is 5.32 Å². The number of carbonyl (C=O) groups is 1. The Hall–Kier alpha value is -2.35. The average molecular weight is 384 g/mol. The van der Waals surface area contributed by atoms with Gasteiger partial charge in [0.25, 0.3) is 0 Å². The van der Waals surface area contributed by atoms with Crippen LogP contribution >= 0.6 is 0 Å². The molecule has 0 spiro atoms. The molecule has 0 bridgehead atoms. The van der Waals surface area contributed by atoms with E-state index in [-0.39, 0.29) is 6.03 Å². The molecule has 8 heteroatoms. The first-order valence-corrected chi connectivity index (χ1v) is 10.6. The molecule has 8 nitrogen and oxygen atoms in total. The van der Waals surface area contributed by atoms with Gasteiger partial charge in [-0.1, -0.05) is 0 Å². The lowest BCUT2D eigenvalue weighted by molar-refractivity contribution is 0.141. The van der Waals surface area contributed by atoms with Crippen LogP contribution in [0.3, 0.4) is 0 Å². The van der Waals surface area contributed by atoms with Gasteiger partial charge in [0, 0.05) is 57.7 Å². The first-order valence-electron chi connectivity index (χ1n) is 10.6. The Labute approximate surface area is 165 Å². The van der Waals surface area contributed by atoms with Gasteiger partial charge >= 0.3 is 6.03 Å². The van der Waals surface area contributed by atoms with Gasteiger partial charge in [-0.3, -0.25) is 4.68 Å². The van der Waals surface area contributed by atoms with Crippen LogP contribution in [-0.2, 0) is 13.1 Å². The van der Waals surface area contributed by atoms with Crippen LogP contribution in [0.4, 0.5) is 4.79 Å². The summed E-state index contributed by atoms with van der Waals surface area (Å²) in [6.45, 7) is 6.35. The first kappa shape index (κ1) is 17.7. The van der Waals surface area contributed by atoms with Gasteiger partial charge in [-0.25, -0.2) is 9.78 Å². The van der Waals surface area contributed by atoms with E-state index in [9.17, 15) is 4.79 Å². The third-order valence-electron chi connectivity index (χ3n) is 6.30. The van der Waals surface area contributed by atoms with Crippen molar-refractivity contribution in [3.63, 3.8) is 0 Å². The van der Waals surface area contributed by atoms with Gasteiger partial charge in [0.05, 0.1) is 5.69 Å². The van der Waals surface area contributed by atoms with E-state index in [1.165, 1.54) is 5.69 Å². The lowest BCUT2D eigenvalue weighted by Gasteiger charge is -2.35. The minimum absolute atomic E-state index is 0.229. The number of rotatable bonds is 2. The fraction of sp³-hybridized carbons (Fsp3) is 0.650. The highest BCUT2D eigenvalue weighted by Gasteiger charge is 2.29. The molecule has 0 radical (unpaired) electrons. The van der Waals surface area contributed by atoms with Crippen molar-refractivity contribution in [1.82, 2.24) is 34.4 Å². The van der Waals surface area contributed by atoms with E-state index in [0.717, 1.165) is 89.4 Å². The van der Waals surface area contributed by atoms with Crippen LogP contribution in [0.1, 0.15) is 43.8 Å². The lowest BCUT2D eigenvalue weighted by Crippen LogP contribution is -2.45. The number of fused-ring (bicyclic) bond motifs is 1. The monoisotopic (exact) mass is 383 g/mol. The highest BCUT2D eigenvalue weighted by Crippen LogP contribution is 2.29. The molecule has 2 fully saturated rings. The van der Waals surface area contributed by atoms with Gasteiger partial charge in [0.2, 0.25) is 0 Å². The molecule has 5 heterocycles. The summed E-state index contributed by atoms with van der Waals surface area (Å²) in [7, 11) is 0. The Kier molecular flexibility index (Phi) is 4.80. The molecule has 0 atom stereocenters. The maximum Gasteiger partial charge on any atom is 0.319 e. The van der Waals surface area contributed by atoms with Crippen molar-refractivity contribution in [1.29, 1.82) is 0 Å². The smallest absolute Gasteiger partial charge is 0.319 e. The molecule has 2 aromatic rings. The molecule has 2 aromatic heterocycles. The molecule has 0 unspecified atom stereocenters. The third kappa shape index (κ3) is 3.30. The zero-order valence-electron chi connectivity index (χ0n) is 16.4. The summed E-state index contributed by atoms with van der Waals surface area (Å²) in [6, 6.07) is 2.77. The predicted molar refractivity (Wildman–Crippen MR) is 106 cm³/mol. The van der Waals surface area contributed by atoms with E-state index >= 15 is 0 Å². The van der Waals surface area contributed by atoms with Crippen LogP contribution in [0.2, 0.25) is 0 Å². The predicted octanol–water partition coefficient (Wildman–Crippen LogP) is 2.09. The van der Waals surface area contributed by atoms with Crippen molar-refractivity contribution >= 4 is 6.03 Å². The minimum Gasteiger partial charge on any atom is -0.326 e. The second-order valence-corrected chi connectivity index (χ2v) is 8.13. The largest absolute Gasteiger partial charge is 0.326 e. The van der Waals surface area contributed by atoms with Gasteiger partial charge in [-0.15, -0.1) is 0 Å². The second-order valence-electron chi connectivity index (χ2n) is 8.13. The minimum atomic E-state index is 0.229. The third-order valence-corrected chi connectivity index (χ3v) is 6.30. The van der Waals surface area contributed by atoms with E-state index in [4.69, 9.17) is 5.10 Å². The molecule has 3 aliphatic heterocycles. The van der Waals surface area contributed by atoms with Crippen molar-refractivity contribution in [2.75, 3.05) is 32.7 Å². The van der Waals surface area contributed by atoms with Crippen LogP contribution in [0.5, 0.6) is 0 Å². The molecule has 0 saturated carbocycles. The Bertz CT molecular complexity index is 804. The summed E-state index contributed by atoms with van der Waals surface area (Å²) in [5.41, 5.74) is 2.19. The summed E-state index contributed by atoms with van der Waals surface area (Å²) in [6.07, 6.45) is 9.28. The normalized spacial score (nSPS) is 21.0. The molecule has 28 heavy (non-hydrogen) atoms. The summed E-state index contributed by atoms with van der Waals surface area (Å²) in [5.74, 6) is 0.949. The number of aromatic nitrogens is 4. The maximum absolute atomic E-state index is 12.6. The van der Waals surface area contributed by atoms with Gasteiger partial charge in [-0.05, 0) is 44.7 Å². The number of piperidine rings is 1. The Balaban J connectivity index is 1.29. The first-order chi connectivity index (χ1) is 13.8. The van der Waals surface area contributed by atoms with E-state index in [1.807, 2.05) is 16.0 Å². The number of likely N-dealkylation sites (tertiary alicyclic amines) is 2. The van der Waals surface area contributed by atoms with E-state index < -0.39 is 0 Å². The molecule has 0 aliphatic carbocycles. The molecule has 3 aliphatic rings. The number of amides is 2. The van der Waals surface area contributed by atoms with Gasteiger partial charge in [0.15, 0.2) is 5.82 Å². The second kappa shape index (κ2) is 7.58. The van der Waals surface area contributed by atoms with Crippen LogP contribution in [0, 0.1) is 0 Å². The number of carbonyl (C=O) groups excluding carboxylic acids is 1. The Morgan fingerprint density at radius 2 is 1.82 bits per heavy atom. The lowest BCUT2D eigenvalue weighted by atomic mass is 10.0. The number of hydrogen-bond donors (Lipinski definition) is 1. The fourth-order valence-corrected chi connectivity index (χ4v) is 4.72. The zero-order chi connectivity index (χ0) is 18.9. The number of imidazole rings is 1. The van der Waals surface area contributed by atoms with Crippen molar-refractivity contribution < 1.29 is 4.79 Å². The molecule has 0 aromatic carbocycles. The highest BCUT2D eigenvalue weighted by molar-refractivity contribution is 5.74. The van der Waals surface area contributed by atoms with E-state index in [0.29, 0.717) is 6.04 Å². The number of hydrogen-bond acceptors (Lipinski definition) is 4. The summed E-state index contributed by atoms with van der Waals surface area (Å²) >= 11 is 0. The molecule has 2 saturated heterocycles. The van der Waals surface area contributed by atoms with Crippen molar-refractivity contribution in [3.05, 3.63) is 24.2 Å². The summed E-state index contributed by atoms with van der Waals surface area (Å²) < 4.78 is 4.39. The Morgan fingerprint density at radius 1 is 1.04 bits per heavy atom. The maximum atomic E-state index is 12.6. The average Bonchev–Trinajstić information content (AvgIpc) is 3.47. The molecule has 2 amide bonds. The van der Waals surface area contributed by atoms with Gasteiger partial charge < -0.3 is 19.7 Å². The van der Waals surface area contributed by atoms with Crippen LogP contribution in [-0.4, -0.2) is 67.9 Å². The number of aryl methyl sites for hydroxylation is 1. The van der Waals surface area contributed by atoms with Gasteiger partial charge in [-0.2, -0.15) is 5.10 Å². The molecular formula is C20H29N7O. The number of nitrogens with one attached hydrogen (secondary N) is 1. The van der Waals surface area contributed by atoms with E-state index in [1.54, 1.807) is 0 Å². The van der Waals surface area contributed by atoms with Crippen LogP contribution in [0.15, 0.2) is 18.5 Å². The van der Waals surface area contributed by atoms with Crippen molar-refractivity contribution in [3.8, 4) is 11.5 Å². The highest BCUT2D eigenvalue weighted by atomic mass is 16.2. The number of urea groups is 1. The van der Waals surface area contributed by atoms with Crippen molar-refractivity contribution in [2.24, 2.45) is 0 Å². The van der Waals surface area contributed by atoms with Crippen LogP contribution in [0.25, 0.3) is 11.5 Å². The summed E-state index contributed by atoms with van der Waals surface area (Å²) in [4.78, 5) is 21.3. The summed E-state index contributed by atoms with van der Waals surface area (Å²) in [5, 5.41) is 8.28. The quantitative estimate of drug-likeness (QED) is 0.862. The molecule has 5 rings (SSSR count). The van der Waals surface area contributed by atoms with Gasteiger partial charge in [0.1, 0.15) is 5.69 Å².